The van der Waals surface area contributed by atoms with Crippen molar-refractivity contribution in [3.05, 3.63) is 52.5 Å². The van der Waals surface area contributed by atoms with Crippen molar-refractivity contribution in [2.24, 2.45) is 0 Å². The normalized spacial score (nSPS) is 16.3. The molecule has 1 heterocycles. The van der Waals surface area contributed by atoms with Gasteiger partial charge in [-0.25, -0.2) is 8.42 Å². The van der Waals surface area contributed by atoms with Gasteiger partial charge in [0.2, 0.25) is 6.10 Å². The Morgan fingerprint density at radius 2 is 1.84 bits per heavy atom. The fourth-order valence-electron chi connectivity index (χ4n) is 2.08. The first-order valence-corrected chi connectivity index (χ1v) is 9.26. The molecule has 1 amide bonds. The lowest BCUT2D eigenvalue weighted by molar-refractivity contribution is -0.130. The molecular formula is C15H12Cl2N2O5S. The summed E-state index contributed by atoms with van der Waals surface area (Å²) in [4.78, 5) is 13.8. The monoisotopic (exact) mass is 402 g/mol. The molecule has 0 radical (unpaired) electrons. The second kappa shape index (κ2) is 7.09. The quantitative estimate of drug-likeness (QED) is 0.764. The number of hydrazine groups is 1. The number of rotatable bonds is 4. The van der Waals surface area contributed by atoms with Crippen molar-refractivity contribution in [2.75, 3.05) is 6.61 Å². The van der Waals surface area contributed by atoms with Gasteiger partial charge in [0.1, 0.15) is 11.5 Å². The van der Waals surface area contributed by atoms with Crippen LogP contribution in [0.4, 0.5) is 0 Å². The molecule has 10 heteroatoms. The minimum atomic E-state index is -4.10. The first-order chi connectivity index (χ1) is 11.9. The first-order valence-electron chi connectivity index (χ1n) is 7.02. The predicted octanol–water partition coefficient (Wildman–Crippen LogP) is 2.14. The summed E-state index contributed by atoms with van der Waals surface area (Å²) in [6.45, 7) is -0.0531. The van der Waals surface area contributed by atoms with Crippen molar-refractivity contribution < 1.29 is 22.7 Å². The van der Waals surface area contributed by atoms with Gasteiger partial charge in [0.05, 0.1) is 5.02 Å². The average molecular weight is 403 g/mol. The fourth-order valence-corrected chi connectivity index (χ4v) is 3.70. The lowest BCUT2D eigenvalue weighted by Gasteiger charge is -2.25. The molecule has 25 heavy (non-hydrogen) atoms. The summed E-state index contributed by atoms with van der Waals surface area (Å²) >= 11 is 11.6. The topological polar surface area (TPSA) is 93.7 Å². The van der Waals surface area contributed by atoms with Gasteiger partial charge in [0.15, 0.2) is 11.5 Å². The largest absolute Gasteiger partial charge is 0.485 e. The summed E-state index contributed by atoms with van der Waals surface area (Å²) in [6.07, 6.45) is -1.01. The number of hydrogen-bond acceptors (Lipinski definition) is 5. The number of halogens is 2. The van der Waals surface area contributed by atoms with E-state index < -0.39 is 22.0 Å². The van der Waals surface area contributed by atoms with Gasteiger partial charge in [-0.15, -0.1) is 4.83 Å². The molecule has 3 rings (SSSR count). The van der Waals surface area contributed by atoms with Crippen LogP contribution in [0, 0.1) is 0 Å². The SMILES string of the molecule is O=C(NNS(=O)(=O)c1cc(Cl)ccc1Cl)[C@H]1COc2ccccc2O1. The lowest BCUT2D eigenvalue weighted by Crippen LogP contribution is -2.50. The molecule has 0 aliphatic carbocycles. The van der Waals surface area contributed by atoms with Crippen LogP contribution in [-0.2, 0) is 14.8 Å². The van der Waals surface area contributed by atoms with E-state index in [-0.39, 0.29) is 21.5 Å². The van der Waals surface area contributed by atoms with Crippen LogP contribution in [0.15, 0.2) is 47.4 Å². The number of ether oxygens (including phenoxy) is 2. The van der Waals surface area contributed by atoms with E-state index in [0.29, 0.717) is 11.5 Å². The maximum atomic E-state index is 12.2. The number of hydrogen-bond donors (Lipinski definition) is 2. The highest BCUT2D eigenvalue weighted by Gasteiger charge is 2.28. The maximum absolute atomic E-state index is 12.2. The minimum Gasteiger partial charge on any atom is -0.485 e. The second-order valence-electron chi connectivity index (χ2n) is 5.03. The number of carbonyl (C=O) groups excluding carboxylic acids is 1. The Labute approximate surface area is 153 Å². The fraction of sp³-hybridized carbons (Fsp3) is 0.133. The van der Waals surface area contributed by atoms with Gasteiger partial charge >= 0.3 is 0 Å². The molecule has 0 saturated heterocycles. The van der Waals surface area contributed by atoms with Crippen LogP contribution in [0.1, 0.15) is 0 Å². The predicted molar refractivity (Wildman–Crippen MR) is 91.3 cm³/mol. The highest BCUT2D eigenvalue weighted by Crippen LogP contribution is 2.30. The number of nitrogens with one attached hydrogen (secondary N) is 2. The average Bonchev–Trinajstić information content (AvgIpc) is 2.61. The highest BCUT2D eigenvalue weighted by molar-refractivity contribution is 7.89. The summed E-state index contributed by atoms with van der Waals surface area (Å²) in [5, 5.41) is 0.161. The van der Waals surface area contributed by atoms with Gasteiger partial charge in [0.25, 0.3) is 15.9 Å². The van der Waals surface area contributed by atoms with Crippen molar-refractivity contribution in [3.8, 4) is 11.5 Å². The van der Waals surface area contributed by atoms with Crippen LogP contribution in [-0.4, -0.2) is 27.0 Å². The maximum Gasteiger partial charge on any atom is 0.279 e. The van der Waals surface area contributed by atoms with E-state index in [2.05, 4.69) is 5.43 Å². The molecule has 1 atom stereocenters. The number of para-hydroxylation sites is 2. The Morgan fingerprint density at radius 1 is 1.12 bits per heavy atom. The van der Waals surface area contributed by atoms with Crippen LogP contribution in [0.5, 0.6) is 11.5 Å². The van der Waals surface area contributed by atoms with Gasteiger partial charge in [-0.05, 0) is 30.3 Å². The molecule has 2 aromatic rings. The first kappa shape index (κ1) is 17.8. The number of benzene rings is 2. The van der Waals surface area contributed by atoms with Crippen molar-refractivity contribution in [3.63, 3.8) is 0 Å². The smallest absolute Gasteiger partial charge is 0.279 e. The van der Waals surface area contributed by atoms with E-state index in [4.69, 9.17) is 32.7 Å². The molecule has 0 fully saturated rings. The summed E-state index contributed by atoms with van der Waals surface area (Å²) in [6, 6.07) is 10.8. The minimum absolute atomic E-state index is 0.0303. The molecule has 2 aromatic carbocycles. The Bertz CT molecular complexity index is 920. The van der Waals surface area contributed by atoms with Crippen LogP contribution in [0.3, 0.4) is 0 Å². The lowest BCUT2D eigenvalue weighted by atomic mass is 10.2. The molecule has 0 bridgehead atoms. The van der Waals surface area contributed by atoms with Gasteiger partial charge in [-0.3, -0.25) is 10.2 Å². The van der Waals surface area contributed by atoms with Crippen LogP contribution >= 0.6 is 23.2 Å². The van der Waals surface area contributed by atoms with Crippen molar-refractivity contribution in [1.82, 2.24) is 10.3 Å². The molecular weight excluding hydrogens is 391 g/mol. The van der Waals surface area contributed by atoms with Crippen LogP contribution < -0.4 is 19.7 Å². The number of amides is 1. The van der Waals surface area contributed by atoms with Crippen molar-refractivity contribution >= 4 is 39.1 Å². The summed E-state index contributed by atoms with van der Waals surface area (Å²) in [5.74, 6) is 0.198. The van der Waals surface area contributed by atoms with Crippen molar-refractivity contribution in [2.45, 2.75) is 11.0 Å². The second-order valence-corrected chi connectivity index (χ2v) is 7.53. The van der Waals surface area contributed by atoms with E-state index in [1.165, 1.54) is 18.2 Å². The highest BCUT2D eigenvalue weighted by atomic mass is 35.5. The number of carbonyl (C=O) groups is 1. The Balaban J connectivity index is 1.67. The Morgan fingerprint density at radius 3 is 2.60 bits per heavy atom. The third-order valence-corrected chi connectivity index (χ3v) is 5.26. The van der Waals surface area contributed by atoms with Crippen LogP contribution in [0.25, 0.3) is 0 Å². The zero-order valence-electron chi connectivity index (χ0n) is 12.5. The van der Waals surface area contributed by atoms with Crippen LogP contribution in [0.2, 0.25) is 10.0 Å². The van der Waals surface area contributed by atoms with Gasteiger partial charge in [-0.1, -0.05) is 35.3 Å². The molecule has 0 aromatic heterocycles. The molecule has 7 nitrogen and oxygen atoms in total. The molecule has 0 saturated carbocycles. The Kier molecular flexibility index (Phi) is 5.05. The molecule has 1 aliphatic rings. The third kappa shape index (κ3) is 3.98. The number of sulfonamides is 1. The van der Waals surface area contributed by atoms with Gasteiger partial charge < -0.3 is 9.47 Å². The molecule has 0 spiro atoms. The molecule has 0 unspecified atom stereocenters. The van der Waals surface area contributed by atoms with E-state index in [0.717, 1.165) is 0 Å². The van der Waals surface area contributed by atoms with E-state index in [1.54, 1.807) is 24.3 Å². The Hall–Kier alpha value is -2.00. The van der Waals surface area contributed by atoms with Crippen molar-refractivity contribution in [1.29, 1.82) is 0 Å². The summed E-state index contributed by atoms with van der Waals surface area (Å²) in [5.41, 5.74) is 2.09. The van der Waals surface area contributed by atoms with E-state index in [1.807, 2.05) is 4.83 Å². The molecule has 132 valence electrons. The van der Waals surface area contributed by atoms with Gasteiger partial charge in [-0.2, -0.15) is 0 Å². The molecule has 2 N–H and O–H groups in total. The zero-order chi connectivity index (χ0) is 18.0. The van der Waals surface area contributed by atoms with Gasteiger partial charge in [0, 0.05) is 5.02 Å². The molecule has 1 aliphatic heterocycles. The summed E-state index contributed by atoms with van der Waals surface area (Å²) < 4.78 is 35.4. The van der Waals surface area contributed by atoms with E-state index >= 15 is 0 Å². The summed E-state index contributed by atoms with van der Waals surface area (Å²) in [7, 11) is -4.10. The third-order valence-electron chi connectivity index (χ3n) is 3.29. The van der Waals surface area contributed by atoms with E-state index in [9.17, 15) is 13.2 Å². The zero-order valence-corrected chi connectivity index (χ0v) is 14.9. The standard InChI is InChI=1S/C15H12Cl2N2O5S/c16-9-5-6-10(17)14(7-9)25(21,22)19-18-15(20)13-8-23-11-3-1-2-4-12(11)24-13/h1-7,13,19H,8H2,(H,18,20)/t13-/m1/s1. The number of fused-ring (bicyclic) bond motifs is 1.